The Morgan fingerprint density at radius 1 is 1.10 bits per heavy atom. The van der Waals surface area contributed by atoms with Crippen molar-refractivity contribution in [3.8, 4) is 16.9 Å². The molecule has 0 spiro atoms. The first-order chi connectivity index (χ1) is 15.1. The highest BCUT2D eigenvalue weighted by Gasteiger charge is 2.36. The van der Waals surface area contributed by atoms with Crippen LogP contribution in [0.1, 0.15) is 23.6 Å². The van der Waals surface area contributed by atoms with Crippen molar-refractivity contribution in [3.05, 3.63) is 82.5 Å². The molecule has 1 amide bonds. The number of hydrogen-bond acceptors (Lipinski definition) is 4. The lowest BCUT2D eigenvalue weighted by atomic mass is 9.82. The van der Waals surface area contributed by atoms with Crippen LogP contribution < -0.4 is 10.3 Å². The Morgan fingerprint density at radius 2 is 2.00 bits per heavy atom. The van der Waals surface area contributed by atoms with Crippen LogP contribution in [0.25, 0.3) is 11.1 Å². The zero-order valence-electron chi connectivity index (χ0n) is 17.5. The molecule has 6 heteroatoms. The van der Waals surface area contributed by atoms with Gasteiger partial charge >= 0.3 is 0 Å². The molecule has 0 saturated carbocycles. The Morgan fingerprint density at radius 3 is 2.81 bits per heavy atom. The molecule has 2 aliphatic heterocycles. The van der Waals surface area contributed by atoms with Gasteiger partial charge in [-0.3, -0.25) is 14.6 Å². The van der Waals surface area contributed by atoms with Gasteiger partial charge in [0, 0.05) is 55.3 Å². The topological polar surface area (TPSA) is 64.4 Å². The van der Waals surface area contributed by atoms with Crippen LogP contribution >= 0.6 is 0 Å². The van der Waals surface area contributed by atoms with Crippen LogP contribution in [0.4, 0.5) is 0 Å². The van der Waals surface area contributed by atoms with Crippen molar-refractivity contribution in [3.63, 3.8) is 0 Å². The summed E-state index contributed by atoms with van der Waals surface area (Å²) in [5.74, 6) is 1.15. The Labute approximate surface area is 181 Å². The quantitative estimate of drug-likeness (QED) is 0.656. The van der Waals surface area contributed by atoms with Crippen molar-refractivity contribution in [1.82, 2.24) is 14.5 Å². The van der Waals surface area contributed by atoms with Gasteiger partial charge in [-0.2, -0.15) is 0 Å². The van der Waals surface area contributed by atoms with Crippen LogP contribution in [0.5, 0.6) is 5.75 Å². The summed E-state index contributed by atoms with van der Waals surface area (Å²) < 4.78 is 7.63. The fourth-order valence-corrected chi connectivity index (χ4v) is 4.80. The highest BCUT2D eigenvalue weighted by atomic mass is 16.5. The molecule has 0 unspecified atom stereocenters. The van der Waals surface area contributed by atoms with E-state index in [0.29, 0.717) is 25.4 Å². The summed E-state index contributed by atoms with van der Waals surface area (Å²) in [6.45, 7) is 3.97. The van der Waals surface area contributed by atoms with E-state index in [1.54, 1.807) is 18.5 Å². The predicted molar refractivity (Wildman–Crippen MR) is 118 cm³/mol. The third-order valence-corrected chi connectivity index (χ3v) is 6.26. The largest absolute Gasteiger partial charge is 0.484 e. The van der Waals surface area contributed by atoms with Crippen molar-refractivity contribution < 1.29 is 9.53 Å². The third-order valence-electron chi connectivity index (χ3n) is 6.26. The number of aryl methyl sites for hydroxylation is 1. The SMILES string of the molecule is Cc1cccc(OCC(=O)N2C[C@@H]3C[C@H](C2)c2cc(-c4cccnc4)cc(=O)n2C3)c1. The normalized spacial score (nSPS) is 19.6. The summed E-state index contributed by atoms with van der Waals surface area (Å²) in [5.41, 5.74) is 3.95. The van der Waals surface area contributed by atoms with Gasteiger partial charge in [0.05, 0.1) is 0 Å². The summed E-state index contributed by atoms with van der Waals surface area (Å²) in [6.07, 6.45) is 4.50. The molecule has 0 radical (unpaired) electrons. The molecular weight excluding hydrogens is 390 g/mol. The Balaban J connectivity index is 1.35. The highest BCUT2D eigenvalue weighted by Crippen LogP contribution is 2.36. The number of nitrogens with zero attached hydrogens (tertiary/aromatic N) is 3. The van der Waals surface area contributed by atoms with Crippen molar-refractivity contribution >= 4 is 5.91 Å². The molecule has 6 nitrogen and oxygen atoms in total. The maximum Gasteiger partial charge on any atom is 0.260 e. The van der Waals surface area contributed by atoms with E-state index >= 15 is 0 Å². The zero-order chi connectivity index (χ0) is 21.4. The van der Waals surface area contributed by atoms with Gasteiger partial charge < -0.3 is 14.2 Å². The van der Waals surface area contributed by atoms with Gasteiger partial charge in [-0.05, 0) is 54.7 Å². The monoisotopic (exact) mass is 415 g/mol. The van der Waals surface area contributed by atoms with E-state index in [1.807, 2.05) is 52.8 Å². The molecule has 1 saturated heterocycles. The molecule has 3 aromatic rings. The number of fused-ring (bicyclic) bond motifs is 4. The number of amides is 1. The number of pyridine rings is 2. The molecule has 31 heavy (non-hydrogen) atoms. The number of aromatic nitrogens is 2. The molecule has 2 bridgehead atoms. The molecule has 0 aliphatic carbocycles. The van der Waals surface area contributed by atoms with Crippen LogP contribution in [-0.4, -0.2) is 40.1 Å². The number of piperidine rings is 1. The number of hydrogen-bond donors (Lipinski definition) is 0. The van der Waals surface area contributed by atoms with E-state index in [1.165, 1.54) is 0 Å². The van der Waals surface area contributed by atoms with E-state index in [-0.39, 0.29) is 29.9 Å². The van der Waals surface area contributed by atoms with Crippen molar-refractivity contribution in [2.24, 2.45) is 5.92 Å². The van der Waals surface area contributed by atoms with Gasteiger partial charge in [0.25, 0.3) is 11.5 Å². The summed E-state index contributed by atoms with van der Waals surface area (Å²) in [5, 5.41) is 0. The van der Waals surface area contributed by atoms with Gasteiger partial charge in [-0.25, -0.2) is 0 Å². The third kappa shape index (κ3) is 3.98. The van der Waals surface area contributed by atoms with E-state index < -0.39 is 0 Å². The molecule has 1 aromatic carbocycles. The highest BCUT2D eigenvalue weighted by molar-refractivity contribution is 5.78. The van der Waals surface area contributed by atoms with Gasteiger partial charge in [-0.15, -0.1) is 0 Å². The molecule has 158 valence electrons. The number of benzene rings is 1. The minimum atomic E-state index is -0.00424. The molecular formula is C25H25N3O3. The Bertz CT molecular complexity index is 1170. The first-order valence-corrected chi connectivity index (χ1v) is 10.7. The molecule has 2 aromatic heterocycles. The number of carbonyl (C=O) groups is 1. The molecule has 0 N–H and O–H groups in total. The second kappa shape index (κ2) is 8.02. The standard InChI is InChI=1S/C25H25N3O3/c1-17-4-2-6-22(8-17)31-16-25(30)27-13-18-9-21(15-27)23-10-20(11-24(29)28(23)14-18)19-5-3-7-26-12-19/h2-8,10-12,18,21H,9,13-16H2,1H3/t18-,21+/m0/s1. The predicted octanol–water partition coefficient (Wildman–Crippen LogP) is 3.24. The molecule has 4 heterocycles. The van der Waals surface area contributed by atoms with Crippen molar-refractivity contribution in [2.45, 2.75) is 25.8 Å². The number of carbonyl (C=O) groups excluding carboxylic acids is 1. The number of rotatable bonds is 4. The summed E-state index contributed by atoms with van der Waals surface area (Å²) in [6, 6.07) is 15.3. The van der Waals surface area contributed by atoms with Gasteiger partial charge in [-0.1, -0.05) is 18.2 Å². The number of likely N-dealkylation sites (tertiary alicyclic amines) is 1. The lowest BCUT2D eigenvalue weighted by molar-refractivity contribution is -0.136. The maximum absolute atomic E-state index is 12.9. The van der Waals surface area contributed by atoms with Gasteiger partial charge in [0.1, 0.15) is 5.75 Å². The lowest BCUT2D eigenvalue weighted by Crippen LogP contribution is -2.50. The Kier molecular flexibility index (Phi) is 5.06. The smallest absolute Gasteiger partial charge is 0.260 e. The summed E-state index contributed by atoms with van der Waals surface area (Å²) >= 11 is 0. The molecule has 5 rings (SSSR count). The Hall–Kier alpha value is -3.41. The first kappa shape index (κ1) is 19.5. The summed E-state index contributed by atoms with van der Waals surface area (Å²) in [7, 11) is 0. The second-order valence-corrected chi connectivity index (χ2v) is 8.56. The number of ether oxygens (including phenoxy) is 1. The maximum atomic E-state index is 12.9. The van der Waals surface area contributed by atoms with Crippen LogP contribution in [-0.2, 0) is 11.3 Å². The fraction of sp³-hybridized carbons (Fsp3) is 0.320. The van der Waals surface area contributed by atoms with Crippen molar-refractivity contribution in [1.29, 1.82) is 0 Å². The van der Waals surface area contributed by atoms with E-state index in [0.717, 1.165) is 28.8 Å². The van der Waals surface area contributed by atoms with E-state index in [2.05, 4.69) is 11.1 Å². The van der Waals surface area contributed by atoms with Crippen LogP contribution in [0.15, 0.2) is 65.7 Å². The van der Waals surface area contributed by atoms with Crippen molar-refractivity contribution in [2.75, 3.05) is 19.7 Å². The van der Waals surface area contributed by atoms with Gasteiger partial charge in [0.2, 0.25) is 0 Å². The first-order valence-electron chi connectivity index (χ1n) is 10.7. The van der Waals surface area contributed by atoms with Crippen LogP contribution in [0, 0.1) is 12.8 Å². The lowest BCUT2D eigenvalue weighted by Gasteiger charge is -2.42. The van der Waals surface area contributed by atoms with Crippen LogP contribution in [0.3, 0.4) is 0 Å². The van der Waals surface area contributed by atoms with E-state index in [9.17, 15) is 9.59 Å². The molecule has 2 aliphatic rings. The summed E-state index contributed by atoms with van der Waals surface area (Å²) in [4.78, 5) is 31.8. The van der Waals surface area contributed by atoms with Gasteiger partial charge in [0.15, 0.2) is 6.61 Å². The second-order valence-electron chi connectivity index (χ2n) is 8.56. The average molecular weight is 415 g/mol. The van der Waals surface area contributed by atoms with E-state index in [4.69, 9.17) is 4.74 Å². The minimum absolute atomic E-state index is 0.00424. The minimum Gasteiger partial charge on any atom is -0.484 e. The average Bonchev–Trinajstić information content (AvgIpc) is 2.78. The zero-order valence-corrected chi connectivity index (χ0v) is 17.5. The molecule has 1 fully saturated rings. The van der Waals surface area contributed by atoms with Crippen LogP contribution in [0.2, 0.25) is 0 Å². The molecule has 2 atom stereocenters. The fourth-order valence-electron chi connectivity index (χ4n) is 4.80.